The molecule has 0 aromatic heterocycles. The van der Waals surface area contributed by atoms with E-state index in [4.69, 9.17) is 5.11 Å². The average Bonchev–Trinajstić information content (AvgIpc) is 2.35. The van der Waals surface area contributed by atoms with Crippen molar-refractivity contribution in [1.82, 2.24) is 10.6 Å². The molecule has 0 heterocycles. The normalized spacial score (nSPS) is 10.2. The Balaban J connectivity index is 2.42. The number of carbonyl (C=O) groups is 3. The van der Waals surface area contributed by atoms with Crippen LogP contribution in [-0.2, 0) is 16.1 Å². The van der Waals surface area contributed by atoms with Gasteiger partial charge in [0, 0.05) is 23.2 Å². The summed E-state index contributed by atoms with van der Waals surface area (Å²) in [5, 5.41) is 12.8. The summed E-state index contributed by atoms with van der Waals surface area (Å²) in [7, 11) is 0. The van der Waals surface area contributed by atoms with Gasteiger partial charge in [-0.25, -0.2) is 9.59 Å². The lowest BCUT2D eigenvalue weighted by Gasteiger charge is -2.06. The fourth-order valence-electron chi connectivity index (χ4n) is 1.16. The van der Waals surface area contributed by atoms with Crippen LogP contribution in [0.15, 0.2) is 40.9 Å². The highest BCUT2D eigenvalue weighted by Gasteiger charge is 2.05. The van der Waals surface area contributed by atoms with E-state index in [0.29, 0.717) is 6.08 Å². The maximum atomic E-state index is 11.3. The number of amides is 3. The molecule has 0 saturated carbocycles. The van der Waals surface area contributed by atoms with Gasteiger partial charge in [0.1, 0.15) is 0 Å². The zero-order valence-corrected chi connectivity index (χ0v) is 11.3. The number of carboxylic acids is 1. The van der Waals surface area contributed by atoms with E-state index in [1.165, 1.54) is 0 Å². The van der Waals surface area contributed by atoms with Gasteiger partial charge in [0.15, 0.2) is 0 Å². The number of hydrogen-bond acceptors (Lipinski definition) is 3. The zero-order chi connectivity index (χ0) is 14.3. The van der Waals surface area contributed by atoms with Gasteiger partial charge in [-0.1, -0.05) is 34.1 Å². The number of aliphatic carboxylic acids is 1. The van der Waals surface area contributed by atoms with Crippen LogP contribution >= 0.6 is 15.9 Å². The molecular formula is C12H11BrN2O4. The van der Waals surface area contributed by atoms with Crippen molar-refractivity contribution in [3.8, 4) is 0 Å². The summed E-state index contributed by atoms with van der Waals surface area (Å²) in [5.41, 5.74) is 0.853. The first-order valence-electron chi connectivity index (χ1n) is 5.22. The molecule has 0 spiro atoms. The van der Waals surface area contributed by atoms with Crippen LogP contribution in [0.1, 0.15) is 5.56 Å². The number of hydrogen-bond donors (Lipinski definition) is 3. The first-order chi connectivity index (χ1) is 8.99. The third kappa shape index (κ3) is 5.82. The molecular weight excluding hydrogens is 316 g/mol. The summed E-state index contributed by atoms with van der Waals surface area (Å²) in [6.07, 6.45) is 1.41. The van der Waals surface area contributed by atoms with Gasteiger partial charge in [-0.3, -0.25) is 10.1 Å². The van der Waals surface area contributed by atoms with Gasteiger partial charge < -0.3 is 10.4 Å². The van der Waals surface area contributed by atoms with E-state index in [0.717, 1.165) is 16.1 Å². The SMILES string of the molecule is O=C(O)/C=C/C(=O)NC(=O)NCc1ccccc1Br. The Morgan fingerprint density at radius 3 is 2.53 bits per heavy atom. The molecule has 0 radical (unpaired) electrons. The highest BCUT2D eigenvalue weighted by atomic mass is 79.9. The molecule has 1 aromatic carbocycles. The third-order valence-electron chi connectivity index (χ3n) is 2.01. The number of benzene rings is 1. The van der Waals surface area contributed by atoms with Gasteiger partial charge in [0.25, 0.3) is 5.91 Å². The molecule has 0 saturated heterocycles. The molecule has 6 nitrogen and oxygen atoms in total. The minimum atomic E-state index is -1.26. The van der Waals surface area contributed by atoms with Crippen molar-refractivity contribution in [2.75, 3.05) is 0 Å². The quantitative estimate of drug-likeness (QED) is 0.729. The zero-order valence-electron chi connectivity index (χ0n) is 9.72. The molecule has 0 fully saturated rings. The maximum absolute atomic E-state index is 11.3. The van der Waals surface area contributed by atoms with Crippen molar-refractivity contribution >= 4 is 33.8 Å². The summed E-state index contributed by atoms with van der Waals surface area (Å²) < 4.78 is 0.840. The van der Waals surface area contributed by atoms with Gasteiger partial charge in [-0.2, -0.15) is 0 Å². The summed E-state index contributed by atoms with van der Waals surface area (Å²) in [6, 6.07) is 6.61. The number of halogens is 1. The fourth-order valence-corrected chi connectivity index (χ4v) is 1.59. The summed E-state index contributed by atoms with van der Waals surface area (Å²) in [6.45, 7) is 0.239. The van der Waals surface area contributed by atoms with E-state index in [1.54, 1.807) is 0 Å². The predicted molar refractivity (Wildman–Crippen MR) is 71.3 cm³/mol. The minimum Gasteiger partial charge on any atom is -0.478 e. The topological polar surface area (TPSA) is 95.5 Å². The highest BCUT2D eigenvalue weighted by molar-refractivity contribution is 9.10. The molecule has 3 amide bonds. The van der Waals surface area contributed by atoms with Crippen LogP contribution in [0.2, 0.25) is 0 Å². The molecule has 0 aliphatic rings. The largest absolute Gasteiger partial charge is 0.478 e. The Kier molecular flexibility index (Phi) is 5.74. The lowest BCUT2D eigenvalue weighted by Crippen LogP contribution is -2.38. The van der Waals surface area contributed by atoms with E-state index in [-0.39, 0.29) is 6.54 Å². The second-order valence-corrected chi connectivity index (χ2v) is 4.29. The molecule has 19 heavy (non-hydrogen) atoms. The predicted octanol–water partition coefficient (Wildman–Crippen LogP) is 1.42. The van der Waals surface area contributed by atoms with Crippen molar-refractivity contribution in [3.63, 3.8) is 0 Å². The molecule has 0 aliphatic carbocycles. The second-order valence-electron chi connectivity index (χ2n) is 3.43. The number of imide groups is 1. The third-order valence-corrected chi connectivity index (χ3v) is 2.78. The van der Waals surface area contributed by atoms with Gasteiger partial charge in [0.2, 0.25) is 0 Å². The van der Waals surface area contributed by atoms with Crippen LogP contribution in [0.5, 0.6) is 0 Å². The maximum Gasteiger partial charge on any atom is 0.328 e. The van der Waals surface area contributed by atoms with Crippen LogP contribution in [0.3, 0.4) is 0 Å². The van der Waals surface area contributed by atoms with Crippen LogP contribution < -0.4 is 10.6 Å². The van der Waals surface area contributed by atoms with Crippen molar-refractivity contribution in [2.45, 2.75) is 6.54 Å². The minimum absolute atomic E-state index is 0.239. The molecule has 1 aromatic rings. The van der Waals surface area contributed by atoms with Gasteiger partial charge >= 0.3 is 12.0 Å². The van der Waals surface area contributed by atoms with Crippen molar-refractivity contribution in [2.24, 2.45) is 0 Å². The molecule has 1 rings (SSSR count). The Labute approximate surface area is 117 Å². The first-order valence-corrected chi connectivity index (χ1v) is 6.01. The number of carbonyl (C=O) groups excluding carboxylic acids is 2. The molecule has 0 aliphatic heterocycles. The molecule has 7 heteroatoms. The van der Waals surface area contributed by atoms with Crippen LogP contribution in [0.25, 0.3) is 0 Å². The summed E-state index contributed by atoms with van der Waals surface area (Å²) >= 11 is 3.32. The monoisotopic (exact) mass is 326 g/mol. The average molecular weight is 327 g/mol. The molecule has 0 bridgehead atoms. The van der Waals surface area contributed by atoms with Gasteiger partial charge in [-0.05, 0) is 11.6 Å². The number of carboxylic acid groups (broad SMARTS) is 1. The Morgan fingerprint density at radius 2 is 1.89 bits per heavy atom. The number of urea groups is 1. The Hall–Kier alpha value is -2.15. The molecule has 0 atom stereocenters. The van der Waals surface area contributed by atoms with E-state index in [9.17, 15) is 14.4 Å². The summed E-state index contributed by atoms with van der Waals surface area (Å²) in [5.74, 6) is -2.06. The summed E-state index contributed by atoms with van der Waals surface area (Å²) in [4.78, 5) is 32.6. The van der Waals surface area contributed by atoms with E-state index < -0.39 is 17.9 Å². The number of nitrogens with one attached hydrogen (secondary N) is 2. The van der Waals surface area contributed by atoms with Gasteiger partial charge in [-0.15, -0.1) is 0 Å². The lowest BCUT2D eigenvalue weighted by atomic mass is 10.2. The van der Waals surface area contributed by atoms with E-state index in [1.807, 2.05) is 29.6 Å². The Morgan fingerprint density at radius 1 is 1.21 bits per heavy atom. The van der Waals surface area contributed by atoms with E-state index >= 15 is 0 Å². The fraction of sp³-hybridized carbons (Fsp3) is 0.0833. The smallest absolute Gasteiger partial charge is 0.328 e. The van der Waals surface area contributed by atoms with E-state index in [2.05, 4.69) is 21.2 Å². The Bertz CT molecular complexity index is 528. The van der Waals surface area contributed by atoms with Crippen LogP contribution in [-0.4, -0.2) is 23.0 Å². The molecule has 100 valence electrons. The standard InChI is InChI=1S/C12H11BrN2O4/c13-9-4-2-1-3-8(9)7-14-12(19)15-10(16)5-6-11(17)18/h1-6H,7H2,(H,17,18)(H2,14,15,16,19)/b6-5+. The van der Waals surface area contributed by atoms with Crippen molar-refractivity contribution in [1.29, 1.82) is 0 Å². The van der Waals surface area contributed by atoms with Crippen LogP contribution in [0.4, 0.5) is 4.79 Å². The van der Waals surface area contributed by atoms with Crippen molar-refractivity contribution in [3.05, 3.63) is 46.5 Å². The number of rotatable bonds is 4. The highest BCUT2D eigenvalue weighted by Crippen LogP contribution is 2.15. The first kappa shape index (κ1) is 14.9. The van der Waals surface area contributed by atoms with Crippen LogP contribution in [0, 0.1) is 0 Å². The lowest BCUT2D eigenvalue weighted by molar-refractivity contribution is -0.131. The second kappa shape index (κ2) is 7.32. The molecule has 0 unspecified atom stereocenters. The van der Waals surface area contributed by atoms with Gasteiger partial charge in [0.05, 0.1) is 0 Å². The molecule has 3 N–H and O–H groups in total. The van der Waals surface area contributed by atoms with Crippen molar-refractivity contribution < 1.29 is 19.5 Å².